The van der Waals surface area contributed by atoms with Gasteiger partial charge in [0.15, 0.2) is 0 Å². The number of Topliss-reactive ketones (excluding diaryl/α,β-unsaturated/α-hetero) is 1. The summed E-state index contributed by atoms with van der Waals surface area (Å²) in [5.41, 5.74) is 2.80. The van der Waals surface area contributed by atoms with Gasteiger partial charge >= 0.3 is 6.09 Å². The Morgan fingerprint density at radius 1 is 1.02 bits per heavy atom. The SMILES string of the molecule is CCCC(=O)Cc1cccc2c(Oc3ncccc3-c3ccnc(N[C@H]4CCCN(C(=O)OC(C)(C)C)C4)n3)c(C)ccc12. The molecule has 1 atom stereocenters. The molecule has 1 fully saturated rings. The Balaban J connectivity index is 1.38. The van der Waals surface area contributed by atoms with E-state index in [1.165, 1.54) is 0 Å². The highest BCUT2D eigenvalue weighted by Gasteiger charge is 2.28. The second kappa shape index (κ2) is 13.4. The number of carbonyl (C=O) groups excluding carboxylic acids is 2. The van der Waals surface area contributed by atoms with E-state index in [1.807, 2.05) is 77.1 Å². The first-order valence-electron chi connectivity index (χ1n) is 15.3. The Morgan fingerprint density at radius 3 is 2.66 bits per heavy atom. The molecule has 0 aliphatic carbocycles. The minimum absolute atomic E-state index is 0.00660. The number of ether oxygens (including phenoxy) is 2. The molecule has 1 aliphatic rings. The third kappa shape index (κ3) is 7.51. The van der Waals surface area contributed by atoms with Crippen molar-refractivity contribution < 1.29 is 19.1 Å². The van der Waals surface area contributed by atoms with Crippen molar-refractivity contribution in [3.05, 3.63) is 72.1 Å². The van der Waals surface area contributed by atoms with Gasteiger partial charge in [-0.2, -0.15) is 0 Å². The van der Waals surface area contributed by atoms with Crippen LogP contribution in [-0.2, 0) is 16.0 Å². The summed E-state index contributed by atoms with van der Waals surface area (Å²) < 4.78 is 12.1. The zero-order chi connectivity index (χ0) is 31.3. The number of anilines is 1. The van der Waals surface area contributed by atoms with E-state index in [0.29, 0.717) is 49.2 Å². The topological polar surface area (TPSA) is 107 Å². The van der Waals surface area contributed by atoms with Gasteiger partial charge in [-0.3, -0.25) is 4.79 Å². The molecule has 0 spiro atoms. The lowest BCUT2D eigenvalue weighted by Crippen LogP contribution is -2.47. The van der Waals surface area contributed by atoms with E-state index in [1.54, 1.807) is 17.3 Å². The monoisotopic (exact) mass is 595 g/mol. The van der Waals surface area contributed by atoms with Crippen LogP contribution in [0.2, 0.25) is 0 Å². The van der Waals surface area contributed by atoms with Crippen molar-refractivity contribution in [3.63, 3.8) is 0 Å². The number of fused-ring (bicyclic) bond motifs is 1. The van der Waals surface area contributed by atoms with E-state index in [-0.39, 0.29) is 17.9 Å². The number of aryl methyl sites for hydroxylation is 1. The number of likely N-dealkylation sites (tertiary alicyclic amines) is 1. The minimum atomic E-state index is -0.543. The van der Waals surface area contributed by atoms with E-state index in [0.717, 1.165) is 46.7 Å². The van der Waals surface area contributed by atoms with Gasteiger partial charge in [-0.25, -0.2) is 19.7 Å². The van der Waals surface area contributed by atoms with E-state index >= 15 is 0 Å². The fourth-order valence-corrected chi connectivity index (χ4v) is 5.49. The van der Waals surface area contributed by atoms with Gasteiger partial charge in [-0.05, 0) is 81.7 Å². The molecule has 5 rings (SSSR count). The van der Waals surface area contributed by atoms with Gasteiger partial charge in [-0.1, -0.05) is 37.3 Å². The summed E-state index contributed by atoms with van der Waals surface area (Å²) in [5, 5.41) is 5.34. The summed E-state index contributed by atoms with van der Waals surface area (Å²) in [4.78, 5) is 40.7. The van der Waals surface area contributed by atoms with Gasteiger partial charge in [0.2, 0.25) is 11.8 Å². The standard InChI is InChI=1S/C35H41N5O4/c1-6-10-26(41)21-24-11-7-13-28-27(24)16-15-23(2)31(28)43-32-29(14-8-18-36-32)30-17-19-37-33(39-30)38-25-12-9-20-40(22-25)34(42)44-35(3,4)5/h7-8,11,13-19,25H,6,9-10,12,20-22H2,1-5H3,(H,37,38,39)/t25-/m0/s1. The van der Waals surface area contributed by atoms with Gasteiger partial charge in [0, 0.05) is 49.8 Å². The first-order chi connectivity index (χ1) is 21.1. The molecule has 0 bridgehead atoms. The van der Waals surface area contributed by atoms with Gasteiger partial charge in [0.25, 0.3) is 0 Å². The number of carbonyl (C=O) groups is 2. The number of nitrogens with zero attached hydrogens (tertiary/aromatic N) is 4. The first kappa shape index (κ1) is 30.9. The van der Waals surface area contributed by atoms with Crippen molar-refractivity contribution in [3.8, 4) is 22.9 Å². The van der Waals surface area contributed by atoms with E-state index in [4.69, 9.17) is 14.5 Å². The van der Waals surface area contributed by atoms with Crippen molar-refractivity contribution in [1.82, 2.24) is 19.9 Å². The van der Waals surface area contributed by atoms with Crippen LogP contribution in [0.1, 0.15) is 64.5 Å². The summed E-state index contributed by atoms with van der Waals surface area (Å²) in [7, 11) is 0. The van der Waals surface area contributed by atoms with Crippen molar-refractivity contribution in [2.45, 2.75) is 78.4 Å². The number of ketones is 1. The summed E-state index contributed by atoms with van der Waals surface area (Å²) in [5.74, 6) is 1.82. The average molecular weight is 596 g/mol. The Bertz CT molecular complexity index is 1650. The van der Waals surface area contributed by atoms with Gasteiger partial charge in [0.05, 0.1) is 11.3 Å². The van der Waals surface area contributed by atoms with E-state index < -0.39 is 5.60 Å². The molecule has 44 heavy (non-hydrogen) atoms. The third-order valence-corrected chi connectivity index (χ3v) is 7.52. The maximum Gasteiger partial charge on any atom is 0.410 e. The number of aromatic nitrogens is 3. The first-order valence-corrected chi connectivity index (χ1v) is 15.3. The summed E-state index contributed by atoms with van der Waals surface area (Å²) >= 11 is 0. The van der Waals surface area contributed by atoms with Crippen LogP contribution in [0.4, 0.5) is 10.7 Å². The molecular weight excluding hydrogens is 554 g/mol. The minimum Gasteiger partial charge on any atom is -0.444 e. The Labute approximate surface area is 259 Å². The molecule has 4 aromatic rings. The molecule has 1 aliphatic heterocycles. The molecule has 2 aromatic heterocycles. The smallest absolute Gasteiger partial charge is 0.410 e. The number of benzene rings is 2. The molecule has 0 unspecified atom stereocenters. The van der Waals surface area contributed by atoms with Crippen LogP contribution >= 0.6 is 0 Å². The van der Waals surface area contributed by atoms with E-state index in [2.05, 4.69) is 21.4 Å². The largest absolute Gasteiger partial charge is 0.444 e. The molecule has 0 saturated carbocycles. The predicted octanol–water partition coefficient (Wildman–Crippen LogP) is 7.52. The molecular formula is C35H41N5O4. The highest BCUT2D eigenvalue weighted by molar-refractivity contribution is 5.95. The summed E-state index contributed by atoms with van der Waals surface area (Å²) in [6.07, 6.45) is 6.65. The van der Waals surface area contributed by atoms with Gasteiger partial charge in [0.1, 0.15) is 17.1 Å². The molecule has 1 saturated heterocycles. The lowest BCUT2D eigenvalue weighted by Gasteiger charge is -2.34. The number of piperidine rings is 1. The molecule has 0 radical (unpaired) electrons. The Kier molecular flexibility index (Phi) is 9.42. The van der Waals surface area contributed by atoms with Crippen LogP contribution in [0.25, 0.3) is 22.0 Å². The summed E-state index contributed by atoms with van der Waals surface area (Å²) in [6, 6.07) is 15.7. The van der Waals surface area contributed by atoms with Gasteiger partial charge in [-0.15, -0.1) is 0 Å². The normalized spacial score (nSPS) is 15.2. The summed E-state index contributed by atoms with van der Waals surface area (Å²) in [6.45, 7) is 10.8. The quantitative estimate of drug-likeness (QED) is 0.212. The lowest BCUT2D eigenvalue weighted by atomic mass is 9.97. The van der Waals surface area contributed by atoms with Crippen LogP contribution < -0.4 is 10.1 Å². The lowest BCUT2D eigenvalue weighted by molar-refractivity contribution is -0.118. The predicted molar refractivity (Wildman–Crippen MR) is 172 cm³/mol. The molecule has 1 amide bonds. The van der Waals surface area contributed by atoms with Crippen LogP contribution in [-0.4, -0.2) is 56.5 Å². The maximum absolute atomic E-state index is 12.6. The average Bonchev–Trinajstić information content (AvgIpc) is 2.98. The zero-order valence-corrected chi connectivity index (χ0v) is 26.2. The molecule has 2 aromatic carbocycles. The Hall–Kier alpha value is -4.53. The van der Waals surface area contributed by atoms with Gasteiger partial charge < -0.3 is 19.7 Å². The van der Waals surface area contributed by atoms with Crippen LogP contribution in [0, 0.1) is 6.92 Å². The fraction of sp³-hybridized carbons (Fsp3) is 0.400. The number of pyridine rings is 1. The molecule has 9 heteroatoms. The fourth-order valence-electron chi connectivity index (χ4n) is 5.49. The Morgan fingerprint density at radius 2 is 1.86 bits per heavy atom. The maximum atomic E-state index is 12.6. The molecule has 230 valence electrons. The number of hydrogen-bond donors (Lipinski definition) is 1. The van der Waals surface area contributed by atoms with E-state index in [9.17, 15) is 9.59 Å². The second-order valence-corrected chi connectivity index (χ2v) is 12.3. The van der Waals surface area contributed by atoms with Crippen LogP contribution in [0.15, 0.2) is 60.9 Å². The molecule has 3 heterocycles. The van der Waals surface area contributed by atoms with Crippen LogP contribution in [0.5, 0.6) is 11.6 Å². The van der Waals surface area contributed by atoms with Crippen molar-refractivity contribution in [2.75, 3.05) is 18.4 Å². The highest BCUT2D eigenvalue weighted by Crippen LogP contribution is 2.37. The van der Waals surface area contributed by atoms with Crippen molar-refractivity contribution in [2.24, 2.45) is 0 Å². The van der Waals surface area contributed by atoms with Crippen molar-refractivity contribution >= 4 is 28.6 Å². The highest BCUT2D eigenvalue weighted by atomic mass is 16.6. The second-order valence-electron chi connectivity index (χ2n) is 12.3. The number of rotatable bonds is 9. The zero-order valence-electron chi connectivity index (χ0n) is 26.2. The number of hydrogen-bond acceptors (Lipinski definition) is 8. The number of amides is 1. The van der Waals surface area contributed by atoms with Crippen LogP contribution in [0.3, 0.4) is 0 Å². The van der Waals surface area contributed by atoms with Crippen molar-refractivity contribution in [1.29, 1.82) is 0 Å². The third-order valence-electron chi connectivity index (χ3n) is 7.52. The number of nitrogens with one attached hydrogen (secondary N) is 1. The molecule has 1 N–H and O–H groups in total. The molecule has 9 nitrogen and oxygen atoms in total.